The van der Waals surface area contributed by atoms with Gasteiger partial charge in [0.2, 0.25) is 5.95 Å². The van der Waals surface area contributed by atoms with Gasteiger partial charge in [-0.3, -0.25) is 0 Å². The Hall–Kier alpha value is -2.93. The number of anilines is 2. The second-order valence-electron chi connectivity index (χ2n) is 6.91. The summed E-state index contributed by atoms with van der Waals surface area (Å²) in [6.07, 6.45) is 0.577. The highest BCUT2D eigenvalue weighted by atomic mass is 32.2. The molecule has 1 saturated heterocycles. The molecule has 0 saturated carbocycles. The summed E-state index contributed by atoms with van der Waals surface area (Å²) in [7, 11) is -2.97. The molecule has 2 heterocycles. The van der Waals surface area contributed by atoms with E-state index in [1.54, 1.807) is 0 Å². The lowest BCUT2D eigenvalue weighted by molar-refractivity contribution is 0.602. The van der Waals surface area contributed by atoms with Gasteiger partial charge >= 0.3 is 0 Å². The molecule has 28 heavy (non-hydrogen) atoms. The van der Waals surface area contributed by atoms with Crippen LogP contribution in [0.1, 0.15) is 12.0 Å². The van der Waals surface area contributed by atoms with Crippen molar-refractivity contribution in [3.8, 4) is 11.3 Å². The summed E-state index contributed by atoms with van der Waals surface area (Å²) in [5, 5.41) is 6.55. The molecule has 6 nitrogen and oxygen atoms in total. The highest BCUT2D eigenvalue weighted by molar-refractivity contribution is 7.91. The fourth-order valence-corrected chi connectivity index (χ4v) is 4.91. The van der Waals surface area contributed by atoms with Crippen molar-refractivity contribution in [2.24, 2.45) is 0 Å². The number of hydrogen-bond donors (Lipinski definition) is 2. The molecule has 1 aromatic heterocycles. The van der Waals surface area contributed by atoms with E-state index in [2.05, 4.69) is 32.7 Å². The van der Waals surface area contributed by atoms with Crippen LogP contribution < -0.4 is 10.6 Å². The summed E-state index contributed by atoms with van der Waals surface area (Å²) in [5.74, 6) is 1.47. The summed E-state index contributed by atoms with van der Waals surface area (Å²) < 4.78 is 23.5. The van der Waals surface area contributed by atoms with E-state index >= 15 is 0 Å². The highest BCUT2D eigenvalue weighted by Gasteiger charge is 2.28. The Balaban J connectivity index is 1.59. The van der Waals surface area contributed by atoms with E-state index in [1.807, 2.05) is 54.6 Å². The lowest BCUT2D eigenvalue weighted by Gasteiger charge is -2.14. The first-order chi connectivity index (χ1) is 13.6. The predicted molar refractivity (Wildman–Crippen MR) is 112 cm³/mol. The van der Waals surface area contributed by atoms with Gasteiger partial charge in [0.05, 0.1) is 17.2 Å². The summed E-state index contributed by atoms with van der Waals surface area (Å²) in [6, 6.07) is 21.7. The molecule has 0 spiro atoms. The van der Waals surface area contributed by atoms with Crippen molar-refractivity contribution in [3.05, 3.63) is 72.3 Å². The third-order valence-electron chi connectivity index (χ3n) is 4.68. The summed E-state index contributed by atoms with van der Waals surface area (Å²) in [5.41, 5.74) is 2.92. The minimum absolute atomic E-state index is 0.124. The number of nitrogens with zero attached hydrogens (tertiary/aromatic N) is 2. The smallest absolute Gasteiger partial charge is 0.225 e. The molecular formula is C21H22N4O2S. The zero-order valence-electron chi connectivity index (χ0n) is 15.4. The highest BCUT2D eigenvalue weighted by Crippen LogP contribution is 2.23. The molecule has 1 aliphatic heterocycles. The van der Waals surface area contributed by atoms with Gasteiger partial charge in [-0.1, -0.05) is 60.7 Å². The molecule has 7 heteroatoms. The largest absolute Gasteiger partial charge is 0.366 e. The quantitative estimate of drug-likeness (QED) is 0.667. The average Bonchev–Trinajstić information content (AvgIpc) is 3.06. The Labute approximate surface area is 165 Å². The van der Waals surface area contributed by atoms with Crippen LogP contribution in [0.25, 0.3) is 11.3 Å². The maximum atomic E-state index is 11.8. The fraction of sp³-hybridized carbons (Fsp3) is 0.238. The van der Waals surface area contributed by atoms with E-state index < -0.39 is 9.84 Å². The van der Waals surface area contributed by atoms with Crippen LogP contribution in [0.3, 0.4) is 0 Å². The molecule has 0 bridgehead atoms. The van der Waals surface area contributed by atoms with Crippen LogP contribution in [-0.2, 0) is 16.4 Å². The Morgan fingerprint density at radius 1 is 0.964 bits per heavy atom. The molecule has 1 fully saturated rings. The van der Waals surface area contributed by atoms with Crippen molar-refractivity contribution in [1.29, 1.82) is 0 Å². The molecule has 0 radical (unpaired) electrons. The van der Waals surface area contributed by atoms with Gasteiger partial charge in [-0.05, 0) is 12.0 Å². The first kappa shape index (κ1) is 18.4. The first-order valence-corrected chi connectivity index (χ1v) is 11.1. The van der Waals surface area contributed by atoms with Gasteiger partial charge < -0.3 is 10.6 Å². The number of nitrogens with one attached hydrogen (secondary N) is 2. The Morgan fingerprint density at radius 3 is 2.36 bits per heavy atom. The molecule has 2 aromatic carbocycles. The van der Waals surface area contributed by atoms with Gasteiger partial charge in [-0.2, -0.15) is 4.98 Å². The van der Waals surface area contributed by atoms with E-state index in [-0.39, 0.29) is 17.5 Å². The van der Waals surface area contributed by atoms with Gasteiger partial charge in [0, 0.05) is 24.2 Å². The fourth-order valence-electron chi connectivity index (χ4n) is 3.24. The predicted octanol–water partition coefficient (Wildman–Crippen LogP) is 3.35. The van der Waals surface area contributed by atoms with E-state index in [1.165, 1.54) is 0 Å². The van der Waals surface area contributed by atoms with E-state index in [4.69, 9.17) is 0 Å². The maximum Gasteiger partial charge on any atom is 0.225 e. The minimum atomic E-state index is -2.97. The third-order valence-corrected chi connectivity index (χ3v) is 6.45. The van der Waals surface area contributed by atoms with Gasteiger partial charge in [0.1, 0.15) is 5.82 Å². The van der Waals surface area contributed by atoms with Gasteiger partial charge in [-0.15, -0.1) is 0 Å². The van der Waals surface area contributed by atoms with Crippen LogP contribution in [0.4, 0.5) is 11.8 Å². The van der Waals surface area contributed by atoms with Crippen molar-refractivity contribution in [3.63, 3.8) is 0 Å². The second kappa shape index (κ2) is 7.98. The van der Waals surface area contributed by atoms with Crippen molar-refractivity contribution in [2.45, 2.75) is 19.0 Å². The lowest BCUT2D eigenvalue weighted by Crippen LogP contribution is -2.22. The van der Waals surface area contributed by atoms with Crippen LogP contribution >= 0.6 is 0 Å². The standard InChI is InChI=1S/C21H22N4O2S/c26-28(27)12-11-18(15-28)23-21-24-19(17-9-5-2-6-10-17)13-20(25-21)22-14-16-7-3-1-4-8-16/h1-10,13,18H,11-12,14-15H2,(H2,22,23,24,25). The summed E-state index contributed by atoms with van der Waals surface area (Å²) >= 11 is 0. The molecule has 0 aliphatic carbocycles. The maximum absolute atomic E-state index is 11.8. The zero-order chi connectivity index (χ0) is 19.4. The van der Waals surface area contributed by atoms with Gasteiger partial charge in [-0.25, -0.2) is 13.4 Å². The SMILES string of the molecule is O=S1(=O)CCC(Nc2nc(NCc3ccccc3)cc(-c3ccccc3)n2)C1. The van der Waals surface area contributed by atoms with Gasteiger partial charge in [0.15, 0.2) is 9.84 Å². The molecule has 4 rings (SSSR count). The molecular weight excluding hydrogens is 372 g/mol. The van der Waals surface area contributed by atoms with Crippen LogP contribution in [0.15, 0.2) is 66.7 Å². The van der Waals surface area contributed by atoms with Crippen molar-refractivity contribution < 1.29 is 8.42 Å². The lowest BCUT2D eigenvalue weighted by atomic mass is 10.1. The molecule has 144 valence electrons. The molecule has 1 atom stereocenters. The monoisotopic (exact) mass is 394 g/mol. The third kappa shape index (κ3) is 4.67. The number of rotatable bonds is 6. The van der Waals surface area contributed by atoms with Crippen molar-refractivity contribution >= 4 is 21.6 Å². The van der Waals surface area contributed by atoms with Crippen molar-refractivity contribution in [2.75, 3.05) is 22.1 Å². The van der Waals surface area contributed by atoms with Gasteiger partial charge in [0.25, 0.3) is 0 Å². The van der Waals surface area contributed by atoms with Crippen LogP contribution in [0, 0.1) is 0 Å². The Morgan fingerprint density at radius 2 is 1.68 bits per heavy atom. The average molecular weight is 395 g/mol. The Kier molecular flexibility index (Phi) is 5.25. The van der Waals surface area contributed by atoms with E-state index in [0.29, 0.717) is 24.7 Å². The number of aromatic nitrogens is 2. The van der Waals surface area contributed by atoms with E-state index in [0.717, 1.165) is 16.8 Å². The molecule has 1 unspecified atom stereocenters. The molecule has 0 amide bonds. The second-order valence-corrected chi connectivity index (χ2v) is 9.14. The summed E-state index contributed by atoms with van der Waals surface area (Å²) in [4.78, 5) is 9.17. The van der Waals surface area contributed by atoms with Crippen molar-refractivity contribution in [1.82, 2.24) is 9.97 Å². The number of sulfone groups is 1. The minimum Gasteiger partial charge on any atom is -0.366 e. The topological polar surface area (TPSA) is 84.0 Å². The summed E-state index contributed by atoms with van der Waals surface area (Å²) in [6.45, 7) is 0.642. The zero-order valence-corrected chi connectivity index (χ0v) is 16.2. The molecule has 2 N–H and O–H groups in total. The normalized spacial score (nSPS) is 17.9. The molecule has 1 aliphatic rings. The first-order valence-electron chi connectivity index (χ1n) is 9.27. The van der Waals surface area contributed by atoms with Crippen LogP contribution in [-0.4, -0.2) is 35.9 Å². The molecule has 3 aromatic rings. The van der Waals surface area contributed by atoms with Crippen LogP contribution in [0.5, 0.6) is 0 Å². The number of hydrogen-bond acceptors (Lipinski definition) is 6. The number of benzene rings is 2. The van der Waals surface area contributed by atoms with E-state index in [9.17, 15) is 8.42 Å². The van der Waals surface area contributed by atoms with Crippen LogP contribution in [0.2, 0.25) is 0 Å². The Bertz CT molecular complexity index is 1040.